The van der Waals surface area contributed by atoms with E-state index in [1.165, 1.54) is 12.1 Å². The molecule has 3 aliphatic heterocycles. The van der Waals surface area contributed by atoms with Crippen LogP contribution in [0.15, 0.2) is 77.6 Å². The molecule has 4 heterocycles. The Labute approximate surface area is 304 Å². The molecule has 52 heavy (non-hydrogen) atoms. The van der Waals surface area contributed by atoms with Gasteiger partial charge in [-0.2, -0.15) is 0 Å². The highest BCUT2D eigenvalue weighted by molar-refractivity contribution is 5.91. The fraction of sp³-hybridized carbons (Fsp3) is 0.463. The van der Waals surface area contributed by atoms with Crippen LogP contribution < -0.4 is 20.9 Å². The second-order valence-corrected chi connectivity index (χ2v) is 15.0. The number of nitrogens with one attached hydrogen (secondary N) is 3. The number of nitrogens with zero attached hydrogens (tertiary/aromatic N) is 1. The van der Waals surface area contributed by atoms with E-state index in [0.29, 0.717) is 47.0 Å². The number of aromatic nitrogens is 1. The van der Waals surface area contributed by atoms with Crippen molar-refractivity contribution in [3.8, 4) is 11.5 Å². The molecule has 276 valence electrons. The Morgan fingerprint density at radius 3 is 2.54 bits per heavy atom. The lowest BCUT2D eigenvalue weighted by Crippen LogP contribution is -2.65. The van der Waals surface area contributed by atoms with Crippen molar-refractivity contribution in [2.45, 2.75) is 62.8 Å². The molecule has 4 aliphatic rings. The number of pyridine rings is 1. The number of phenolic OH excluding ortho intramolecular Hbond substituents is 1. The molecule has 11 nitrogen and oxygen atoms in total. The molecule has 0 radical (unpaired) electrons. The number of phenols is 1. The van der Waals surface area contributed by atoms with Crippen molar-refractivity contribution in [3.05, 3.63) is 94.3 Å². The van der Waals surface area contributed by atoms with Crippen molar-refractivity contribution in [3.63, 3.8) is 0 Å². The Morgan fingerprint density at radius 2 is 1.79 bits per heavy atom. The monoisotopic (exact) mass is 711 g/mol. The lowest BCUT2D eigenvalue weighted by molar-refractivity contribution is -0.946. The van der Waals surface area contributed by atoms with Crippen LogP contribution in [-0.4, -0.2) is 83.2 Å². The average molecular weight is 712 g/mol. The lowest BCUT2D eigenvalue weighted by Gasteiger charge is -2.52. The number of fused-ring (bicyclic) bond motifs is 4. The quantitative estimate of drug-likeness (QED) is 0.0949. The number of hydrogen-bond donors (Lipinski definition) is 6. The molecule has 6 N–H and O–H groups in total. The van der Waals surface area contributed by atoms with Crippen LogP contribution in [0.1, 0.15) is 62.2 Å². The maximum absolute atomic E-state index is 13.3. The summed E-state index contributed by atoms with van der Waals surface area (Å²) in [5.74, 6) is 1.08. The van der Waals surface area contributed by atoms with Crippen molar-refractivity contribution in [1.82, 2.24) is 4.98 Å². The number of amides is 1. The molecule has 3 saturated heterocycles. The molecule has 3 atom stereocenters. The van der Waals surface area contributed by atoms with E-state index < -0.39 is 11.7 Å². The van der Waals surface area contributed by atoms with Gasteiger partial charge in [-0.3, -0.25) is 9.59 Å². The van der Waals surface area contributed by atoms with Crippen molar-refractivity contribution in [2.24, 2.45) is 11.8 Å². The van der Waals surface area contributed by atoms with Gasteiger partial charge in [-0.05, 0) is 54.2 Å². The molecule has 1 aromatic heterocycles. The minimum absolute atomic E-state index is 0.0622. The number of carbonyl (C=O) groups is 1. The highest BCUT2D eigenvalue weighted by Gasteiger charge is 2.48. The number of rotatable bonds is 14. The second kappa shape index (κ2) is 15.3. The largest absolute Gasteiger partial charge is 0.506 e. The zero-order valence-electron chi connectivity index (χ0n) is 29.9. The van der Waals surface area contributed by atoms with Gasteiger partial charge in [0.25, 0.3) is 0 Å². The summed E-state index contributed by atoms with van der Waals surface area (Å²) in [5, 5.41) is 40.0. The summed E-state index contributed by atoms with van der Waals surface area (Å²) in [4.78, 5) is 27.7. The fourth-order valence-corrected chi connectivity index (χ4v) is 8.87. The van der Waals surface area contributed by atoms with Crippen molar-refractivity contribution in [2.75, 3.05) is 57.1 Å². The van der Waals surface area contributed by atoms with E-state index in [4.69, 9.17) is 9.47 Å². The summed E-state index contributed by atoms with van der Waals surface area (Å²) in [6.45, 7) is 4.13. The average Bonchev–Trinajstić information content (AvgIpc) is 3.73. The molecule has 2 bridgehead atoms. The topological polar surface area (TPSA) is 153 Å². The van der Waals surface area contributed by atoms with E-state index in [0.717, 1.165) is 74.8 Å². The summed E-state index contributed by atoms with van der Waals surface area (Å²) >= 11 is 0. The minimum atomic E-state index is -0.981. The van der Waals surface area contributed by atoms with Gasteiger partial charge in [0.05, 0.1) is 57.1 Å². The molecular weight excluding hydrogens is 660 g/mol. The summed E-state index contributed by atoms with van der Waals surface area (Å²) in [6.07, 6.45) is 6.00. The van der Waals surface area contributed by atoms with Crippen LogP contribution in [0.3, 0.4) is 0 Å². The Balaban J connectivity index is 0.937. The van der Waals surface area contributed by atoms with Crippen LogP contribution in [0.25, 0.3) is 10.9 Å². The molecule has 3 aromatic carbocycles. The second-order valence-electron chi connectivity index (χ2n) is 15.0. The first-order valence-electron chi connectivity index (χ1n) is 18.7. The maximum Gasteiger partial charge on any atom is 0.248 e. The number of methoxy groups -OCH3 is 1. The van der Waals surface area contributed by atoms with Crippen LogP contribution in [0.5, 0.6) is 11.5 Å². The number of anilines is 2. The maximum atomic E-state index is 13.3. The number of aromatic amines is 1. The third-order valence-electron chi connectivity index (χ3n) is 11.9. The van der Waals surface area contributed by atoms with Crippen molar-refractivity contribution < 1.29 is 34.1 Å². The Morgan fingerprint density at radius 1 is 1.02 bits per heavy atom. The number of aliphatic hydroxyl groups is 2. The molecule has 1 aliphatic carbocycles. The lowest BCUT2D eigenvalue weighted by atomic mass is 9.80. The highest BCUT2D eigenvalue weighted by Crippen LogP contribution is 2.43. The van der Waals surface area contributed by atoms with Crippen molar-refractivity contribution in [1.29, 1.82) is 0 Å². The van der Waals surface area contributed by atoms with Crippen LogP contribution in [0.2, 0.25) is 0 Å². The summed E-state index contributed by atoms with van der Waals surface area (Å²) < 4.78 is 13.2. The van der Waals surface area contributed by atoms with Gasteiger partial charge in [0.2, 0.25) is 11.5 Å². The summed E-state index contributed by atoms with van der Waals surface area (Å²) in [5.41, 5.74) is 1.71. The van der Waals surface area contributed by atoms with E-state index >= 15 is 0 Å². The smallest absolute Gasteiger partial charge is 0.248 e. The fourth-order valence-electron chi connectivity index (χ4n) is 8.87. The van der Waals surface area contributed by atoms with Crippen LogP contribution >= 0.6 is 0 Å². The molecule has 4 aromatic rings. The van der Waals surface area contributed by atoms with Gasteiger partial charge in [-0.1, -0.05) is 49.2 Å². The zero-order chi connectivity index (χ0) is 36.3. The Kier molecular flexibility index (Phi) is 10.6. The summed E-state index contributed by atoms with van der Waals surface area (Å²) in [7, 11) is 1.55. The normalized spacial score (nSPS) is 23.3. The predicted molar refractivity (Wildman–Crippen MR) is 200 cm³/mol. The third-order valence-corrected chi connectivity index (χ3v) is 11.9. The van der Waals surface area contributed by atoms with Gasteiger partial charge < -0.3 is 44.9 Å². The zero-order valence-corrected chi connectivity index (χ0v) is 29.9. The van der Waals surface area contributed by atoms with E-state index in [2.05, 4.69) is 15.6 Å². The third kappa shape index (κ3) is 7.54. The predicted octanol–water partition coefficient (Wildman–Crippen LogP) is 5.42. The Bertz CT molecular complexity index is 1920. The van der Waals surface area contributed by atoms with E-state index in [1.54, 1.807) is 37.4 Å². The molecule has 0 spiro atoms. The van der Waals surface area contributed by atoms with E-state index in [-0.39, 0.29) is 41.3 Å². The van der Waals surface area contributed by atoms with Gasteiger partial charge in [0.15, 0.2) is 0 Å². The van der Waals surface area contributed by atoms with Crippen LogP contribution in [-0.2, 0) is 15.1 Å². The first-order chi connectivity index (χ1) is 25.2. The van der Waals surface area contributed by atoms with E-state index in [9.17, 15) is 24.9 Å². The number of piperidine rings is 3. The molecule has 8 rings (SSSR count). The number of quaternary nitrogens is 1. The SMILES string of the molecule is COc1cc(NC(=O)CC[N+]23CCC(CC2)[C@@H](OC[C@@](O)(c2ccccc2)C2CCCC2)C3)ccc1NC[C@H](O)c1ccc(O)c2[nH]c(=O)ccc12. The number of aromatic hydroxyl groups is 1. The molecule has 0 unspecified atom stereocenters. The van der Waals surface area contributed by atoms with Crippen molar-refractivity contribution >= 4 is 28.2 Å². The number of benzene rings is 3. The van der Waals surface area contributed by atoms with Gasteiger partial charge in [0.1, 0.15) is 29.7 Å². The van der Waals surface area contributed by atoms with Crippen LogP contribution in [0, 0.1) is 11.8 Å². The molecule has 1 saturated carbocycles. The number of H-pyrrole nitrogens is 1. The number of carbonyl (C=O) groups excluding carboxylic acids is 1. The van der Waals surface area contributed by atoms with Gasteiger partial charge >= 0.3 is 0 Å². The first kappa shape index (κ1) is 36.0. The number of aliphatic hydroxyl groups excluding tert-OH is 1. The van der Waals surface area contributed by atoms with Gasteiger partial charge in [-0.15, -0.1) is 0 Å². The van der Waals surface area contributed by atoms with Gasteiger partial charge in [0, 0.05) is 48.5 Å². The molecule has 1 amide bonds. The summed E-state index contributed by atoms with van der Waals surface area (Å²) in [6, 6.07) is 21.4. The highest BCUT2D eigenvalue weighted by atomic mass is 16.5. The minimum Gasteiger partial charge on any atom is -0.506 e. The van der Waals surface area contributed by atoms with Gasteiger partial charge in [-0.25, -0.2) is 0 Å². The molecule has 11 heteroatoms. The molecule has 4 fully saturated rings. The number of ether oxygens (including phenoxy) is 2. The number of hydrogen-bond acceptors (Lipinski definition) is 8. The van der Waals surface area contributed by atoms with E-state index in [1.807, 2.05) is 30.3 Å². The molecular formula is C41H51N4O7+. The Hall–Kier alpha value is -4.42. The first-order valence-corrected chi connectivity index (χ1v) is 18.7. The van der Waals surface area contributed by atoms with Crippen LogP contribution in [0.4, 0.5) is 11.4 Å². The standard InChI is InChI=1S/C41H50N4O7/c1-51-36-23-30(11-14-33(36)42-24-35(47)31-12-15-34(46)40-32(31)13-16-38(48)44-40)43-39(49)19-22-45-20-17-27(18-21-45)37(25-45)52-26-41(50,29-9-5-6-10-29)28-7-3-2-4-8-28/h2-4,7-8,11-16,23,27,29,35,37,42,47,50H,5-6,9-10,17-22,24-26H2,1H3,(H2-,43,44,46,48,49)/p+1/t27?,35-,37-,41+,45?/m0/s1.